The summed E-state index contributed by atoms with van der Waals surface area (Å²) in [4.78, 5) is 4.26. The van der Waals surface area contributed by atoms with Crippen molar-refractivity contribution in [3.8, 4) is 5.88 Å². The molecule has 138 valence electrons. The van der Waals surface area contributed by atoms with E-state index in [2.05, 4.69) is 57.3 Å². The Kier molecular flexibility index (Phi) is 5.91. The van der Waals surface area contributed by atoms with E-state index in [0.29, 0.717) is 12.3 Å². The molecule has 2 aromatic carbocycles. The van der Waals surface area contributed by atoms with Gasteiger partial charge in [0, 0.05) is 29.4 Å². The number of benzene rings is 2. The number of pyridine rings is 1. The van der Waals surface area contributed by atoms with Gasteiger partial charge < -0.3 is 9.94 Å². The molecule has 0 radical (unpaired) electrons. The Morgan fingerprint density at radius 2 is 1.85 bits per heavy atom. The van der Waals surface area contributed by atoms with E-state index in [-0.39, 0.29) is 0 Å². The molecular formula is C22H21BrN2O2. The van der Waals surface area contributed by atoms with Gasteiger partial charge in [-0.2, -0.15) is 0 Å². The Balaban J connectivity index is 2.37. The summed E-state index contributed by atoms with van der Waals surface area (Å²) in [6.45, 7) is 2.09. The molecule has 1 N–H and O–H groups in total. The van der Waals surface area contributed by atoms with Gasteiger partial charge in [0.15, 0.2) is 0 Å². The summed E-state index contributed by atoms with van der Waals surface area (Å²) >= 11 is 3.52. The number of oxime groups is 1. The molecule has 0 aliphatic heterocycles. The van der Waals surface area contributed by atoms with Crippen LogP contribution in [0.3, 0.4) is 0 Å². The van der Waals surface area contributed by atoms with Crippen molar-refractivity contribution in [1.82, 2.24) is 4.98 Å². The van der Waals surface area contributed by atoms with Gasteiger partial charge in [-0.1, -0.05) is 52.3 Å². The minimum atomic E-state index is -0.547. The van der Waals surface area contributed by atoms with Gasteiger partial charge in [0.25, 0.3) is 0 Å². The highest BCUT2D eigenvalue weighted by molar-refractivity contribution is 9.10. The van der Waals surface area contributed by atoms with Gasteiger partial charge in [-0.05, 0) is 47.4 Å². The zero-order valence-corrected chi connectivity index (χ0v) is 16.8. The Bertz CT molecular complexity index is 941. The lowest BCUT2D eigenvalue weighted by Gasteiger charge is -2.36. The van der Waals surface area contributed by atoms with Crippen molar-refractivity contribution in [3.05, 3.63) is 93.6 Å². The van der Waals surface area contributed by atoms with E-state index in [1.54, 1.807) is 19.5 Å². The average molecular weight is 425 g/mol. The molecule has 1 unspecified atom stereocenters. The van der Waals surface area contributed by atoms with Crippen molar-refractivity contribution in [1.29, 1.82) is 0 Å². The normalized spacial score (nSPS) is 13.4. The van der Waals surface area contributed by atoms with Crippen LogP contribution >= 0.6 is 15.9 Å². The van der Waals surface area contributed by atoms with Gasteiger partial charge in [0.05, 0.1) is 12.5 Å². The van der Waals surface area contributed by atoms with Crippen molar-refractivity contribution in [2.45, 2.75) is 18.8 Å². The van der Waals surface area contributed by atoms with E-state index in [1.807, 2.05) is 36.4 Å². The molecule has 4 nitrogen and oxygen atoms in total. The first-order chi connectivity index (χ1) is 13.1. The molecule has 0 saturated carbocycles. The number of methoxy groups -OCH3 is 1. The Hall–Kier alpha value is -2.66. The molecular weight excluding hydrogens is 404 g/mol. The summed E-state index contributed by atoms with van der Waals surface area (Å²) in [7, 11) is 1.61. The van der Waals surface area contributed by atoms with Gasteiger partial charge in [-0.15, -0.1) is 5.16 Å². The number of nitrogens with zero attached hydrogens (tertiary/aromatic N) is 2. The quantitative estimate of drug-likeness (QED) is 0.329. The third kappa shape index (κ3) is 3.74. The molecule has 3 aromatic rings. The number of hydrogen-bond donors (Lipinski definition) is 1. The van der Waals surface area contributed by atoms with Crippen molar-refractivity contribution < 1.29 is 9.94 Å². The summed E-state index contributed by atoms with van der Waals surface area (Å²) in [5.41, 5.74) is 3.86. The molecule has 0 amide bonds. The van der Waals surface area contributed by atoms with E-state index in [9.17, 15) is 5.21 Å². The summed E-state index contributed by atoms with van der Waals surface area (Å²) in [5.74, 6) is 0.545. The molecule has 0 spiro atoms. The first-order valence-electron chi connectivity index (χ1n) is 8.60. The highest BCUT2D eigenvalue weighted by Crippen LogP contribution is 2.44. The molecule has 0 bridgehead atoms. The highest BCUT2D eigenvalue weighted by Gasteiger charge is 2.37. The molecule has 1 atom stereocenters. The van der Waals surface area contributed by atoms with E-state index in [0.717, 1.165) is 26.7 Å². The number of halogens is 1. The highest BCUT2D eigenvalue weighted by atomic mass is 79.9. The maximum absolute atomic E-state index is 9.21. The van der Waals surface area contributed by atoms with Crippen LogP contribution in [-0.2, 0) is 5.41 Å². The van der Waals surface area contributed by atoms with E-state index in [4.69, 9.17) is 4.74 Å². The fourth-order valence-electron chi connectivity index (χ4n) is 3.57. The topological polar surface area (TPSA) is 54.7 Å². The molecule has 0 saturated heterocycles. The van der Waals surface area contributed by atoms with Crippen molar-refractivity contribution in [3.63, 3.8) is 0 Å². The van der Waals surface area contributed by atoms with Crippen LogP contribution in [-0.4, -0.2) is 23.5 Å². The molecule has 0 fully saturated rings. The van der Waals surface area contributed by atoms with Crippen molar-refractivity contribution in [2.75, 3.05) is 7.11 Å². The third-order valence-corrected chi connectivity index (χ3v) is 5.39. The fourth-order valence-corrected chi connectivity index (χ4v) is 3.84. The fraction of sp³-hybridized carbons (Fsp3) is 0.182. The number of rotatable bonds is 6. The lowest BCUT2D eigenvalue weighted by molar-refractivity contribution is 0.319. The van der Waals surface area contributed by atoms with E-state index >= 15 is 0 Å². The number of hydrogen-bond acceptors (Lipinski definition) is 4. The van der Waals surface area contributed by atoms with Crippen LogP contribution in [0.4, 0.5) is 0 Å². The zero-order valence-electron chi connectivity index (χ0n) is 15.3. The largest absolute Gasteiger partial charge is 0.481 e. The maximum atomic E-state index is 9.21. The summed E-state index contributed by atoms with van der Waals surface area (Å²) in [5, 5.41) is 12.5. The van der Waals surface area contributed by atoms with Gasteiger partial charge in [-0.25, -0.2) is 4.98 Å². The second kappa shape index (κ2) is 8.35. The Morgan fingerprint density at radius 3 is 2.52 bits per heavy atom. The van der Waals surface area contributed by atoms with Crippen LogP contribution in [0.25, 0.3) is 0 Å². The molecule has 0 aliphatic rings. The van der Waals surface area contributed by atoms with Crippen LogP contribution in [0.15, 0.2) is 76.5 Å². The SMILES string of the molecule is COc1cc(C(CC=NO)(c2ccc(Br)cc2)c2ccccc2C)ccn1. The predicted molar refractivity (Wildman–Crippen MR) is 111 cm³/mol. The summed E-state index contributed by atoms with van der Waals surface area (Å²) < 4.78 is 6.38. The standard InChI is InChI=1S/C22H21BrN2O2/c1-16-5-3-4-6-20(16)22(12-14-25-26,17-7-9-19(23)10-8-17)18-11-13-24-21(15-18)27-2/h3-11,13-15,26H,12H2,1-2H3. The molecule has 5 heteroatoms. The summed E-state index contributed by atoms with van der Waals surface area (Å²) in [6.07, 6.45) is 3.78. The van der Waals surface area contributed by atoms with Crippen LogP contribution in [0.5, 0.6) is 5.88 Å². The van der Waals surface area contributed by atoms with Gasteiger partial charge in [0.1, 0.15) is 0 Å². The Labute approximate surface area is 167 Å². The first-order valence-corrected chi connectivity index (χ1v) is 9.39. The van der Waals surface area contributed by atoms with E-state index < -0.39 is 5.41 Å². The van der Waals surface area contributed by atoms with Crippen molar-refractivity contribution in [2.24, 2.45) is 5.16 Å². The monoisotopic (exact) mass is 424 g/mol. The lowest BCUT2D eigenvalue weighted by atomic mass is 9.66. The molecule has 27 heavy (non-hydrogen) atoms. The zero-order chi connectivity index (χ0) is 19.3. The van der Waals surface area contributed by atoms with Crippen LogP contribution < -0.4 is 4.74 Å². The minimum absolute atomic E-state index is 0.489. The second-order valence-corrected chi connectivity index (χ2v) is 7.23. The number of ether oxygens (including phenoxy) is 1. The molecule has 1 aromatic heterocycles. The lowest BCUT2D eigenvalue weighted by Crippen LogP contribution is -2.31. The summed E-state index contributed by atoms with van der Waals surface area (Å²) in [6, 6.07) is 20.4. The Morgan fingerprint density at radius 1 is 1.11 bits per heavy atom. The third-order valence-electron chi connectivity index (χ3n) is 4.86. The number of aryl methyl sites for hydroxylation is 1. The molecule has 0 aliphatic carbocycles. The predicted octanol–water partition coefficient (Wildman–Crippen LogP) is 5.35. The molecule has 1 heterocycles. The number of aromatic nitrogens is 1. The molecule has 3 rings (SSSR count). The van der Waals surface area contributed by atoms with Gasteiger partial charge in [-0.3, -0.25) is 0 Å². The first kappa shape index (κ1) is 19.1. The van der Waals surface area contributed by atoms with Crippen LogP contribution in [0.2, 0.25) is 0 Å². The second-order valence-electron chi connectivity index (χ2n) is 6.32. The minimum Gasteiger partial charge on any atom is -0.481 e. The average Bonchev–Trinajstić information content (AvgIpc) is 2.71. The van der Waals surface area contributed by atoms with Gasteiger partial charge >= 0.3 is 0 Å². The van der Waals surface area contributed by atoms with E-state index in [1.165, 1.54) is 0 Å². The van der Waals surface area contributed by atoms with Crippen molar-refractivity contribution >= 4 is 22.1 Å². The smallest absolute Gasteiger partial charge is 0.213 e. The van der Waals surface area contributed by atoms with Crippen LogP contribution in [0.1, 0.15) is 28.7 Å². The van der Waals surface area contributed by atoms with Crippen LogP contribution in [0, 0.1) is 6.92 Å². The van der Waals surface area contributed by atoms with Gasteiger partial charge in [0.2, 0.25) is 5.88 Å². The maximum Gasteiger partial charge on any atom is 0.213 e.